The molecule has 72 valence electrons. The van der Waals surface area contributed by atoms with Crippen molar-refractivity contribution in [1.82, 2.24) is 15.1 Å². The average molecular weight is 200 g/mol. The fraction of sp³-hybridized carbons (Fsp3) is 0.667. The second-order valence-electron chi connectivity index (χ2n) is 3.73. The van der Waals surface area contributed by atoms with Crippen LogP contribution >= 0.6 is 12.4 Å². The zero-order chi connectivity index (χ0) is 7.97. The molecule has 0 amide bonds. The summed E-state index contributed by atoms with van der Waals surface area (Å²) in [7, 11) is 0. The van der Waals surface area contributed by atoms with E-state index in [9.17, 15) is 0 Å². The Morgan fingerprint density at radius 1 is 1.46 bits per heavy atom. The Morgan fingerprint density at radius 3 is 3.00 bits per heavy atom. The summed E-state index contributed by atoms with van der Waals surface area (Å²) < 4.78 is 2.16. The normalized spacial score (nSPS) is 20.6. The molecule has 1 aromatic heterocycles. The standard InChI is InChI=1S/C9H13N3.ClH/c1-2-7(1)9-5-8-6-10-3-4-12(8)11-9;/h5,7,10H,1-4,6H2;1H. The molecular formula is C9H14ClN3. The Kier molecular flexibility index (Phi) is 2.30. The van der Waals surface area contributed by atoms with Crippen molar-refractivity contribution < 1.29 is 0 Å². The van der Waals surface area contributed by atoms with Crippen LogP contribution in [-0.4, -0.2) is 16.3 Å². The second kappa shape index (κ2) is 3.31. The van der Waals surface area contributed by atoms with E-state index in [1.54, 1.807) is 0 Å². The summed E-state index contributed by atoms with van der Waals surface area (Å²) in [4.78, 5) is 0. The molecule has 1 saturated carbocycles. The minimum absolute atomic E-state index is 0. The molecule has 0 spiro atoms. The van der Waals surface area contributed by atoms with Gasteiger partial charge < -0.3 is 5.32 Å². The SMILES string of the molecule is Cl.c1c(C2CC2)nn2c1CNCC2. The lowest BCUT2D eigenvalue weighted by molar-refractivity contribution is 0.473. The van der Waals surface area contributed by atoms with Gasteiger partial charge >= 0.3 is 0 Å². The third-order valence-corrected chi connectivity index (χ3v) is 2.68. The Balaban J connectivity index is 0.000000653. The highest BCUT2D eigenvalue weighted by Crippen LogP contribution is 2.39. The van der Waals surface area contributed by atoms with Crippen molar-refractivity contribution in [3.63, 3.8) is 0 Å². The molecule has 0 atom stereocenters. The Morgan fingerprint density at radius 2 is 2.31 bits per heavy atom. The lowest BCUT2D eigenvalue weighted by atomic mass is 10.2. The molecule has 1 aliphatic carbocycles. The Bertz CT molecular complexity index is 280. The van der Waals surface area contributed by atoms with Gasteiger partial charge in [-0.05, 0) is 18.9 Å². The maximum Gasteiger partial charge on any atom is 0.0658 e. The quantitative estimate of drug-likeness (QED) is 0.739. The first-order valence-corrected chi connectivity index (χ1v) is 4.71. The molecule has 2 aliphatic rings. The van der Waals surface area contributed by atoms with E-state index in [1.807, 2.05) is 0 Å². The number of nitrogens with one attached hydrogen (secondary N) is 1. The fourth-order valence-corrected chi connectivity index (χ4v) is 1.79. The van der Waals surface area contributed by atoms with Crippen LogP contribution in [0.5, 0.6) is 0 Å². The molecule has 0 saturated heterocycles. The lowest BCUT2D eigenvalue weighted by Crippen LogP contribution is -2.28. The number of rotatable bonds is 1. The van der Waals surface area contributed by atoms with Crippen molar-refractivity contribution in [3.8, 4) is 0 Å². The van der Waals surface area contributed by atoms with E-state index in [0.717, 1.165) is 25.6 Å². The summed E-state index contributed by atoms with van der Waals surface area (Å²) in [6, 6.07) is 2.27. The summed E-state index contributed by atoms with van der Waals surface area (Å²) in [6.45, 7) is 3.11. The number of nitrogens with zero attached hydrogens (tertiary/aromatic N) is 2. The van der Waals surface area contributed by atoms with Gasteiger partial charge in [-0.25, -0.2) is 0 Å². The average Bonchev–Trinajstić information content (AvgIpc) is 2.85. The summed E-state index contributed by atoms with van der Waals surface area (Å²) in [5.74, 6) is 0.795. The highest BCUT2D eigenvalue weighted by Gasteiger charge is 2.27. The van der Waals surface area contributed by atoms with Gasteiger partial charge in [0.15, 0.2) is 0 Å². The molecular weight excluding hydrogens is 186 g/mol. The van der Waals surface area contributed by atoms with E-state index in [4.69, 9.17) is 0 Å². The van der Waals surface area contributed by atoms with Crippen molar-refractivity contribution in [2.45, 2.75) is 31.8 Å². The molecule has 1 aliphatic heterocycles. The van der Waals surface area contributed by atoms with Gasteiger partial charge in [0.25, 0.3) is 0 Å². The van der Waals surface area contributed by atoms with E-state index in [1.165, 1.54) is 24.2 Å². The van der Waals surface area contributed by atoms with E-state index < -0.39 is 0 Å². The molecule has 1 N–H and O–H groups in total. The molecule has 3 rings (SSSR count). The maximum atomic E-state index is 4.59. The topological polar surface area (TPSA) is 29.9 Å². The van der Waals surface area contributed by atoms with Gasteiger partial charge in [0.1, 0.15) is 0 Å². The van der Waals surface area contributed by atoms with Crippen molar-refractivity contribution in [1.29, 1.82) is 0 Å². The highest BCUT2D eigenvalue weighted by atomic mass is 35.5. The number of halogens is 1. The van der Waals surface area contributed by atoms with Crippen LogP contribution in [0.2, 0.25) is 0 Å². The first-order chi connectivity index (χ1) is 5.93. The third-order valence-electron chi connectivity index (χ3n) is 2.68. The first-order valence-electron chi connectivity index (χ1n) is 4.71. The van der Waals surface area contributed by atoms with Crippen LogP contribution in [0.15, 0.2) is 6.07 Å². The molecule has 0 aromatic carbocycles. The van der Waals surface area contributed by atoms with E-state index in [0.29, 0.717) is 0 Å². The van der Waals surface area contributed by atoms with Crippen LogP contribution in [-0.2, 0) is 13.1 Å². The van der Waals surface area contributed by atoms with E-state index in [-0.39, 0.29) is 12.4 Å². The third kappa shape index (κ3) is 1.58. The predicted octanol–water partition coefficient (Wildman–Crippen LogP) is 1.29. The van der Waals surface area contributed by atoms with Crippen molar-refractivity contribution in [3.05, 3.63) is 17.5 Å². The van der Waals surface area contributed by atoms with Crippen LogP contribution in [0.1, 0.15) is 30.1 Å². The van der Waals surface area contributed by atoms with Crippen molar-refractivity contribution in [2.24, 2.45) is 0 Å². The molecule has 1 fully saturated rings. The molecule has 0 unspecified atom stereocenters. The Labute approximate surface area is 83.9 Å². The highest BCUT2D eigenvalue weighted by molar-refractivity contribution is 5.85. The van der Waals surface area contributed by atoms with Gasteiger partial charge in [0.05, 0.1) is 17.9 Å². The monoisotopic (exact) mass is 199 g/mol. The number of fused-ring (bicyclic) bond motifs is 1. The largest absolute Gasteiger partial charge is 0.309 e. The van der Waals surface area contributed by atoms with E-state index >= 15 is 0 Å². The zero-order valence-corrected chi connectivity index (χ0v) is 8.31. The smallest absolute Gasteiger partial charge is 0.0658 e. The molecule has 2 heterocycles. The number of aromatic nitrogens is 2. The summed E-state index contributed by atoms with van der Waals surface area (Å²) in [5, 5.41) is 7.94. The maximum absolute atomic E-state index is 4.59. The second-order valence-corrected chi connectivity index (χ2v) is 3.73. The van der Waals surface area contributed by atoms with Crippen LogP contribution in [0.25, 0.3) is 0 Å². The van der Waals surface area contributed by atoms with Crippen LogP contribution < -0.4 is 5.32 Å². The number of hydrogen-bond acceptors (Lipinski definition) is 2. The lowest BCUT2D eigenvalue weighted by Gasteiger charge is -2.13. The molecule has 3 nitrogen and oxygen atoms in total. The van der Waals surface area contributed by atoms with Crippen LogP contribution in [0, 0.1) is 0 Å². The predicted molar refractivity (Wildman–Crippen MR) is 53.2 cm³/mol. The fourth-order valence-electron chi connectivity index (χ4n) is 1.79. The molecule has 0 bridgehead atoms. The van der Waals surface area contributed by atoms with Crippen LogP contribution in [0.4, 0.5) is 0 Å². The summed E-state index contributed by atoms with van der Waals surface area (Å²) in [6.07, 6.45) is 2.70. The summed E-state index contributed by atoms with van der Waals surface area (Å²) in [5.41, 5.74) is 2.69. The van der Waals surface area contributed by atoms with Gasteiger partial charge in [-0.15, -0.1) is 12.4 Å². The minimum atomic E-state index is 0. The molecule has 0 radical (unpaired) electrons. The first kappa shape index (κ1) is 9.03. The molecule has 4 heteroatoms. The minimum Gasteiger partial charge on any atom is -0.309 e. The van der Waals surface area contributed by atoms with Crippen molar-refractivity contribution >= 4 is 12.4 Å². The van der Waals surface area contributed by atoms with Gasteiger partial charge in [0, 0.05) is 19.0 Å². The molecule has 1 aromatic rings. The van der Waals surface area contributed by atoms with Gasteiger partial charge in [-0.3, -0.25) is 4.68 Å². The van der Waals surface area contributed by atoms with Crippen LogP contribution in [0.3, 0.4) is 0 Å². The van der Waals surface area contributed by atoms with E-state index in [2.05, 4.69) is 21.2 Å². The Hall–Kier alpha value is -0.540. The number of hydrogen-bond donors (Lipinski definition) is 1. The summed E-state index contributed by atoms with van der Waals surface area (Å²) >= 11 is 0. The van der Waals surface area contributed by atoms with Gasteiger partial charge in [-0.1, -0.05) is 0 Å². The van der Waals surface area contributed by atoms with Crippen molar-refractivity contribution in [2.75, 3.05) is 6.54 Å². The molecule has 13 heavy (non-hydrogen) atoms. The zero-order valence-electron chi connectivity index (χ0n) is 7.49. The van der Waals surface area contributed by atoms with Gasteiger partial charge in [-0.2, -0.15) is 5.10 Å². The van der Waals surface area contributed by atoms with Gasteiger partial charge in [0.2, 0.25) is 0 Å².